The van der Waals surface area contributed by atoms with Crippen molar-refractivity contribution in [2.75, 3.05) is 13.2 Å². The number of carbonyl (C=O) groups is 2. The SMILES string of the molecule is CCOC(=O)COc1ccc2c(C=O)cccc2n1. The molecule has 1 heterocycles. The Morgan fingerprint density at radius 2 is 2.16 bits per heavy atom. The number of hydrogen-bond donors (Lipinski definition) is 0. The zero-order valence-electron chi connectivity index (χ0n) is 10.5. The molecule has 0 spiro atoms. The number of pyridine rings is 1. The molecule has 98 valence electrons. The molecule has 0 aliphatic heterocycles. The largest absolute Gasteiger partial charge is 0.466 e. The van der Waals surface area contributed by atoms with Gasteiger partial charge in [0.2, 0.25) is 5.88 Å². The topological polar surface area (TPSA) is 65.5 Å². The average Bonchev–Trinajstić information content (AvgIpc) is 2.44. The Bertz CT molecular complexity index is 609. The van der Waals surface area contributed by atoms with Crippen molar-refractivity contribution in [3.8, 4) is 5.88 Å². The predicted molar refractivity (Wildman–Crippen MR) is 69.3 cm³/mol. The molecule has 5 heteroatoms. The van der Waals surface area contributed by atoms with Gasteiger partial charge in [-0.1, -0.05) is 12.1 Å². The van der Waals surface area contributed by atoms with Gasteiger partial charge in [-0.05, 0) is 19.1 Å². The molecular weight excluding hydrogens is 246 g/mol. The molecule has 0 radical (unpaired) electrons. The summed E-state index contributed by atoms with van der Waals surface area (Å²) in [5.41, 5.74) is 1.22. The van der Waals surface area contributed by atoms with E-state index in [1.807, 2.05) is 0 Å². The molecule has 1 aromatic heterocycles. The molecule has 19 heavy (non-hydrogen) atoms. The minimum absolute atomic E-state index is 0.181. The van der Waals surface area contributed by atoms with E-state index >= 15 is 0 Å². The van der Waals surface area contributed by atoms with Gasteiger partial charge in [-0.3, -0.25) is 4.79 Å². The summed E-state index contributed by atoms with van der Waals surface area (Å²) in [4.78, 5) is 26.3. The van der Waals surface area contributed by atoms with Crippen LogP contribution in [0, 0.1) is 0 Å². The van der Waals surface area contributed by atoms with Crippen LogP contribution in [0.5, 0.6) is 5.88 Å². The minimum Gasteiger partial charge on any atom is -0.466 e. The summed E-state index contributed by atoms with van der Waals surface area (Å²) < 4.78 is 9.98. The van der Waals surface area contributed by atoms with Crippen molar-refractivity contribution in [2.24, 2.45) is 0 Å². The fourth-order valence-corrected chi connectivity index (χ4v) is 1.68. The van der Waals surface area contributed by atoms with Crippen molar-refractivity contribution in [3.63, 3.8) is 0 Å². The molecule has 0 aliphatic carbocycles. The van der Waals surface area contributed by atoms with E-state index in [0.29, 0.717) is 23.6 Å². The van der Waals surface area contributed by atoms with Crippen LogP contribution in [-0.2, 0) is 9.53 Å². The molecule has 0 saturated heterocycles. The van der Waals surface area contributed by atoms with E-state index in [0.717, 1.165) is 11.7 Å². The second-order valence-corrected chi connectivity index (χ2v) is 3.77. The van der Waals surface area contributed by atoms with Crippen molar-refractivity contribution < 1.29 is 19.1 Å². The summed E-state index contributed by atoms with van der Waals surface area (Å²) in [6.45, 7) is 1.86. The number of benzene rings is 1. The van der Waals surface area contributed by atoms with Crippen LogP contribution in [0.3, 0.4) is 0 Å². The van der Waals surface area contributed by atoms with E-state index in [1.165, 1.54) is 0 Å². The van der Waals surface area contributed by atoms with Gasteiger partial charge in [-0.2, -0.15) is 0 Å². The lowest BCUT2D eigenvalue weighted by molar-refractivity contribution is -0.145. The molecule has 0 unspecified atom stereocenters. The Hall–Kier alpha value is -2.43. The Labute approximate surface area is 110 Å². The lowest BCUT2D eigenvalue weighted by Gasteiger charge is -2.06. The second-order valence-electron chi connectivity index (χ2n) is 3.77. The van der Waals surface area contributed by atoms with Gasteiger partial charge in [-0.15, -0.1) is 0 Å². The van der Waals surface area contributed by atoms with Crippen LogP contribution in [0.15, 0.2) is 30.3 Å². The zero-order valence-corrected chi connectivity index (χ0v) is 10.5. The minimum atomic E-state index is -0.439. The number of carbonyl (C=O) groups excluding carboxylic acids is 2. The van der Waals surface area contributed by atoms with Gasteiger partial charge >= 0.3 is 5.97 Å². The van der Waals surface area contributed by atoms with Crippen LogP contribution >= 0.6 is 0 Å². The van der Waals surface area contributed by atoms with Crippen molar-refractivity contribution in [1.82, 2.24) is 4.98 Å². The highest BCUT2D eigenvalue weighted by atomic mass is 16.6. The van der Waals surface area contributed by atoms with Crippen LogP contribution < -0.4 is 4.74 Å². The second kappa shape index (κ2) is 5.95. The first-order chi connectivity index (χ1) is 9.24. The molecule has 0 aliphatic rings. The predicted octanol–water partition coefficient (Wildman–Crippen LogP) is 1.99. The maximum absolute atomic E-state index is 11.2. The summed E-state index contributed by atoms with van der Waals surface area (Å²) in [5.74, 6) is -0.116. The molecule has 2 aromatic rings. The van der Waals surface area contributed by atoms with Crippen molar-refractivity contribution in [1.29, 1.82) is 0 Å². The summed E-state index contributed by atoms with van der Waals surface area (Å²) in [6, 6.07) is 8.60. The van der Waals surface area contributed by atoms with Gasteiger partial charge < -0.3 is 9.47 Å². The molecule has 0 bridgehead atoms. The van der Waals surface area contributed by atoms with E-state index in [9.17, 15) is 9.59 Å². The lowest BCUT2D eigenvalue weighted by atomic mass is 10.1. The van der Waals surface area contributed by atoms with Crippen molar-refractivity contribution >= 4 is 23.2 Å². The third-order valence-corrected chi connectivity index (χ3v) is 2.51. The molecule has 0 N–H and O–H groups in total. The third-order valence-electron chi connectivity index (χ3n) is 2.51. The van der Waals surface area contributed by atoms with Gasteiger partial charge in [0.05, 0.1) is 12.1 Å². The standard InChI is InChI=1S/C14H13NO4/c1-2-18-14(17)9-19-13-7-6-11-10(8-16)4-3-5-12(11)15-13/h3-8H,2,9H2,1H3. The molecule has 0 amide bonds. The molecule has 5 nitrogen and oxygen atoms in total. The quantitative estimate of drug-likeness (QED) is 0.607. The van der Waals surface area contributed by atoms with Crippen molar-refractivity contribution in [3.05, 3.63) is 35.9 Å². The highest BCUT2D eigenvalue weighted by Crippen LogP contribution is 2.19. The Balaban J connectivity index is 2.18. The van der Waals surface area contributed by atoms with Crippen LogP contribution in [0.25, 0.3) is 10.9 Å². The van der Waals surface area contributed by atoms with Crippen LogP contribution in [-0.4, -0.2) is 30.5 Å². The number of fused-ring (bicyclic) bond motifs is 1. The van der Waals surface area contributed by atoms with E-state index < -0.39 is 5.97 Å². The molecule has 0 atom stereocenters. The maximum Gasteiger partial charge on any atom is 0.344 e. The van der Waals surface area contributed by atoms with Gasteiger partial charge in [0, 0.05) is 17.0 Å². The van der Waals surface area contributed by atoms with E-state index in [-0.39, 0.29) is 6.61 Å². The summed E-state index contributed by atoms with van der Waals surface area (Å²) >= 11 is 0. The van der Waals surface area contributed by atoms with Gasteiger partial charge in [-0.25, -0.2) is 9.78 Å². The van der Waals surface area contributed by atoms with E-state index in [2.05, 4.69) is 4.98 Å². The first-order valence-electron chi connectivity index (χ1n) is 5.88. The number of hydrogen-bond acceptors (Lipinski definition) is 5. The highest BCUT2D eigenvalue weighted by molar-refractivity contribution is 5.96. The Morgan fingerprint density at radius 3 is 2.89 bits per heavy atom. The van der Waals surface area contributed by atoms with Crippen molar-refractivity contribution in [2.45, 2.75) is 6.92 Å². The fraction of sp³-hybridized carbons (Fsp3) is 0.214. The molecular formula is C14H13NO4. The van der Waals surface area contributed by atoms with Gasteiger partial charge in [0.25, 0.3) is 0 Å². The lowest BCUT2D eigenvalue weighted by Crippen LogP contribution is -2.15. The third kappa shape index (κ3) is 3.07. The number of rotatable bonds is 5. The van der Waals surface area contributed by atoms with E-state index in [4.69, 9.17) is 9.47 Å². The fourth-order valence-electron chi connectivity index (χ4n) is 1.68. The summed E-state index contributed by atoms with van der Waals surface area (Å²) in [5, 5.41) is 0.751. The first-order valence-corrected chi connectivity index (χ1v) is 5.88. The van der Waals surface area contributed by atoms with Gasteiger partial charge in [0.15, 0.2) is 12.9 Å². The summed E-state index contributed by atoms with van der Waals surface area (Å²) in [6.07, 6.45) is 0.781. The zero-order chi connectivity index (χ0) is 13.7. The van der Waals surface area contributed by atoms with E-state index in [1.54, 1.807) is 37.3 Å². The molecule has 1 aromatic carbocycles. The van der Waals surface area contributed by atoms with Crippen LogP contribution in [0.1, 0.15) is 17.3 Å². The number of aromatic nitrogens is 1. The number of esters is 1. The van der Waals surface area contributed by atoms with Crippen LogP contribution in [0.4, 0.5) is 0 Å². The number of ether oxygens (including phenoxy) is 2. The van der Waals surface area contributed by atoms with Gasteiger partial charge in [0.1, 0.15) is 0 Å². The normalized spacial score (nSPS) is 10.2. The molecule has 0 fully saturated rings. The first kappa shape index (κ1) is 13.0. The molecule has 0 saturated carbocycles. The highest BCUT2D eigenvalue weighted by Gasteiger charge is 2.06. The Kier molecular flexibility index (Phi) is 4.07. The smallest absolute Gasteiger partial charge is 0.344 e. The number of nitrogens with zero attached hydrogens (tertiary/aromatic N) is 1. The Morgan fingerprint density at radius 1 is 1.32 bits per heavy atom. The van der Waals surface area contributed by atoms with Crippen LogP contribution in [0.2, 0.25) is 0 Å². The molecule has 2 rings (SSSR count). The summed E-state index contributed by atoms with van der Waals surface area (Å²) in [7, 11) is 0. The maximum atomic E-state index is 11.2. The number of aldehydes is 1. The average molecular weight is 259 g/mol. The monoisotopic (exact) mass is 259 g/mol.